The van der Waals surface area contributed by atoms with Gasteiger partial charge in [-0.2, -0.15) is 0 Å². The van der Waals surface area contributed by atoms with Crippen molar-refractivity contribution in [2.45, 2.75) is 20.8 Å². The molecule has 0 aliphatic carbocycles. The zero-order valence-electron chi connectivity index (χ0n) is 14.1. The Hall–Kier alpha value is -2.60. The second kappa shape index (κ2) is 7.98. The Labute approximate surface area is 150 Å². The minimum absolute atomic E-state index is 0.118. The summed E-state index contributed by atoms with van der Waals surface area (Å²) in [4.78, 5) is 39.1. The number of esters is 2. The van der Waals surface area contributed by atoms with Crippen LogP contribution in [0, 0.1) is 13.8 Å². The molecule has 6 nitrogen and oxygen atoms in total. The summed E-state index contributed by atoms with van der Waals surface area (Å²) in [7, 11) is 0. The van der Waals surface area contributed by atoms with Gasteiger partial charge in [0.05, 0.1) is 17.2 Å². The Bertz CT molecular complexity index is 825. The summed E-state index contributed by atoms with van der Waals surface area (Å²) in [5, 5.41) is 0.292. The van der Waals surface area contributed by atoms with Crippen LogP contribution in [0.25, 0.3) is 0 Å². The summed E-state index contributed by atoms with van der Waals surface area (Å²) in [6.45, 7) is 4.75. The van der Waals surface area contributed by atoms with Crippen LogP contribution in [0.3, 0.4) is 0 Å². The summed E-state index contributed by atoms with van der Waals surface area (Å²) in [5.74, 6) is -1.65. The number of aryl methyl sites for hydroxylation is 1. The van der Waals surface area contributed by atoms with Crippen LogP contribution < -0.4 is 0 Å². The van der Waals surface area contributed by atoms with E-state index in [-0.39, 0.29) is 17.9 Å². The molecule has 1 N–H and O–H groups in total. The number of aromatic nitrogens is 1. The molecule has 1 aromatic carbocycles. The van der Waals surface area contributed by atoms with Gasteiger partial charge < -0.3 is 14.5 Å². The third kappa shape index (κ3) is 4.09. The topological polar surface area (TPSA) is 85.5 Å². The van der Waals surface area contributed by atoms with Crippen LogP contribution in [0.4, 0.5) is 0 Å². The molecule has 0 unspecified atom stereocenters. The fraction of sp³-hybridized carbons (Fsp3) is 0.278. The van der Waals surface area contributed by atoms with E-state index in [4.69, 9.17) is 21.1 Å². The van der Waals surface area contributed by atoms with Gasteiger partial charge >= 0.3 is 11.9 Å². The molecule has 0 radical (unpaired) electrons. The highest BCUT2D eigenvalue weighted by Crippen LogP contribution is 2.20. The average molecular weight is 364 g/mol. The first-order valence-electron chi connectivity index (χ1n) is 7.67. The Kier molecular flexibility index (Phi) is 5.98. The lowest BCUT2D eigenvalue weighted by atomic mass is 10.1. The molecule has 0 saturated heterocycles. The molecule has 0 aliphatic heterocycles. The quantitative estimate of drug-likeness (QED) is 0.627. The smallest absolute Gasteiger partial charge is 0.355 e. The second-order valence-electron chi connectivity index (χ2n) is 5.32. The van der Waals surface area contributed by atoms with Crippen molar-refractivity contribution >= 4 is 29.3 Å². The van der Waals surface area contributed by atoms with E-state index < -0.39 is 24.3 Å². The lowest BCUT2D eigenvalue weighted by Gasteiger charge is -2.06. The first-order chi connectivity index (χ1) is 11.9. The Morgan fingerprint density at radius 1 is 1.08 bits per heavy atom. The molecule has 0 aliphatic rings. The van der Waals surface area contributed by atoms with E-state index in [0.717, 1.165) is 0 Å². The van der Waals surface area contributed by atoms with Crippen LogP contribution in [0.15, 0.2) is 24.3 Å². The summed E-state index contributed by atoms with van der Waals surface area (Å²) < 4.78 is 10.0. The Morgan fingerprint density at radius 2 is 1.76 bits per heavy atom. The molecular weight excluding hydrogens is 346 g/mol. The molecule has 1 aromatic heterocycles. The molecule has 0 fully saturated rings. The maximum atomic E-state index is 12.2. The molecule has 0 saturated carbocycles. The van der Waals surface area contributed by atoms with Gasteiger partial charge in [0.1, 0.15) is 5.69 Å². The van der Waals surface area contributed by atoms with E-state index in [1.54, 1.807) is 45.0 Å². The normalized spacial score (nSPS) is 10.4. The summed E-state index contributed by atoms with van der Waals surface area (Å²) in [6.07, 6.45) is 0. The Morgan fingerprint density at radius 3 is 2.40 bits per heavy atom. The van der Waals surface area contributed by atoms with Crippen LogP contribution in [-0.4, -0.2) is 35.9 Å². The van der Waals surface area contributed by atoms with E-state index in [2.05, 4.69) is 4.98 Å². The van der Waals surface area contributed by atoms with Gasteiger partial charge in [0.25, 0.3) is 0 Å². The summed E-state index contributed by atoms with van der Waals surface area (Å²) in [6, 6.07) is 6.51. The van der Waals surface area contributed by atoms with E-state index in [1.807, 2.05) is 0 Å². The van der Waals surface area contributed by atoms with Crippen molar-refractivity contribution < 1.29 is 23.9 Å². The molecule has 0 bridgehead atoms. The molecule has 0 atom stereocenters. The van der Waals surface area contributed by atoms with Crippen molar-refractivity contribution in [2.75, 3.05) is 13.2 Å². The molecule has 0 amide bonds. The van der Waals surface area contributed by atoms with Gasteiger partial charge in [-0.1, -0.05) is 23.7 Å². The number of rotatable bonds is 6. The van der Waals surface area contributed by atoms with Crippen molar-refractivity contribution in [1.29, 1.82) is 0 Å². The van der Waals surface area contributed by atoms with Crippen LogP contribution in [0.1, 0.15) is 49.4 Å². The molecule has 2 aromatic rings. The van der Waals surface area contributed by atoms with E-state index in [9.17, 15) is 14.4 Å². The largest absolute Gasteiger partial charge is 0.462 e. The zero-order chi connectivity index (χ0) is 18.6. The van der Waals surface area contributed by atoms with Crippen molar-refractivity contribution in [2.24, 2.45) is 0 Å². The number of halogens is 1. The minimum atomic E-state index is -0.725. The number of hydrogen-bond acceptors (Lipinski definition) is 5. The molecule has 1 heterocycles. The third-order valence-electron chi connectivity index (χ3n) is 3.63. The number of Topliss-reactive ketones (excluding diaryl/α,β-unsaturated/α-hetero) is 1. The fourth-order valence-corrected chi connectivity index (χ4v) is 2.67. The van der Waals surface area contributed by atoms with E-state index in [0.29, 0.717) is 21.8 Å². The van der Waals surface area contributed by atoms with Gasteiger partial charge in [0, 0.05) is 11.3 Å². The van der Waals surface area contributed by atoms with Gasteiger partial charge in [-0.05, 0) is 38.5 Å². The second-order valence-corrected chi connectivity index (χ2v) is 5.73. The van der Waals surface area contributed by atoms with Crippen LogP contribution >= 0.6 is 11.6 Å². The first-order valence-corrected chi connectivity index (χ1v) is 8.05. The summed E-state index contributed by atoms with van der Waals surface area (Å²) >= 11 is 5.95. The predicted molar refractivity (Wildman–Crippen MR) is 92.3 cm³/mol. The number of ether oxygens (including phenoxy) is 2. The number of carbonyl (C=O) groups is 3. The van der Waals surface area contributed by atoms with Crippen molar-refractivity contribution in [1.82, 2.24) is 4.98 Å². The highest BCUT2D eigenvalue weighted by Gasteiger charge is 2.24. The van der Waals surface area contributed by atoms with Gasteiger partial charge in [-0.15, -0.1) is 0 Å². The molecule has 2 rings (SSSR count). The highest BCUT2D eigenvalue weighted by atomic mass is 35.5. The SMILES string of the molecule is CCOC(=O)c1c(C)[nH]c(C(=O)OCC(=O)c2ccccc2Cl)c1C. The predicted octanol–water partition coefficient (Wildman–Crippen LogP) is 3.50. The fourth-order valence-electron chi connectivity index (χ4n) is 2.43. The van der Waals surface area contributed by atoms with Crippen LogP contribution in [-0.2, 0) is 9.47 Å². The van der Waals surface area contributed by atoms with Crippen molar-refractivity contribution in [3.63, 3.8) is 0 Å². The number of H-pyrrole nitrogens is 1. The maximum absolute atomic E-state index is 12.2. The monoisotopic (exact) mass is 363 g/mol. The maximum Gasteiger partial charge on any atom is 0.355 e. The van der Waals surface area contributed by atoms with Crippen molar-refractivity contribution in [3.05, 3.63) is 57.4 Å². The van der Waals surface area contributed by atoms with E-state index >= 15 is 0 Å². The number of ketones is 1. The first kappa shape index (κ1) is 18.7. The van der Waals surface area contributed by atoms with Crippen LogP contribution in [0.5, 0.6) is 0 Å². The van der Waals surface area contributed by atoms with Gasteiger partial charge in [0.15, 0.2) is 6.61 Å². The highest BCUT2D eigenvalue weighted by molar-refractivity contribution is 6.34. The lowest BCUT2D eigenvalue weighted by molar-refractivity contribution is 0.0468. The average Bonchev–Trinajstić information content (AvgIpc) is 2.87. The van der Waals surface area contributed by atoms with Crippen molar-refractivity contribution in [3.8, 4) is 0 Å². The standard InChI is InChI=1S/C18H18ClNO5/c1-4-24-17(22)15-10(2)16(20-11(15)3)18(23)25-9-14(21)12-7-5-6-8-13(12)19/h5-8,20H,4,9H2,1-3H3. The number of carbonyl (C=O) groups excluding carboxylic acids is 3. The molecule has 0 spiro atoms. The number of hydrogen-bond donors (Lipinski definition) is 1. The molecule has 132 valence electrons. The van der Waals surface area contributed by atoms with Gasteiger partial charge in [-0.25, -0.2) is 9.59 Å². The zero-order valence-corrected chi connectivity index (χ0v) is 14.9. The number of nitrogens with one attached hydrogen (secondary N) is 1. The number of aromatic amines is 1. The van der Waals surface area contributed by atoms with Gasteiger partial charge in [0.2, 0.25) is 5.78 Å². The molecule has 25 heavy (non-hydrogen) atoms. The Balaban J connectivity index is 2.12. The summed E-state index contributed by atoms with van der Waals surface area (Å²) in [5.41, 5.74) is 1.62. The molecular formula is C18H18ClNO5. The third-order valence-corrected chi connectivity index (χ3v) is 3.96. The number of benzene rings is 1. The lowest BCUT2D eigenvalue weighted by Crippen LogP contribution is -2.15. The van der Waals surface area contributed by atoms with E-state index in [1.165, 1.54) is 0 Å². The van der Waals surface area contributed by atoms with Crippen LogP contribution in [0.2, 0.25) is 5.02 Å². The minimum Gasteiger partial charge on any atom is -0.462 e. The van der Waals surface area contributed by atoms with Gasteiger partial charge in [-0.3, -0.25) is 4.79 Å². The molecule has 7 heteroatoms.